The molecule has 0 bridgehead atoms. The zero-order valence-corrected chi connectivity index (χ0v) is 28.6. The lowest BCUT2D eigenvalue weighted by Gasteiger charge is -2.41. The van der Waals surface area contributed by atoms with Gasteiger partial charge in [0.25, 0.3) is 5.91 Å². The first-order valence-corrected chi connectivity index (χ1v) is 17.7. The molecule has 5 aromatic rings. The predicted molar refractivity (Wildman–Crippen MR) is 188 cm³/mol. The number of hydrogen-bond acceptors (Lipinski definition) is 9. The topological polar surface area (TPSA) is 107 Å². The maximum Gasteiger partial charge on any atom is 0.303 e. The van der Waals surface area contributed by atoms with Gasteiger partial charge in [0.2, 0.25) is 0 Å². The number of nitrogens with one attached hydrogen (secondary N) is 1. The normalized spacial score (nSPS) is 19.9. The molecule has 0 radical (unpaired) electrons. The predicted octanol–water partition coefficient (Wildman–Crippen LogP) is 7.61. The van der Waals surface area contributed by atoms with E-state index in [1.54, 1.807) is 30.0 Å². The third-order valence-electron chi connectivity index (χ3n) is 8.37. The highest BCUT2D eigenvalue weighted by atomic mass is 32.2. The third kappa shape index (κ3) is 8.14. The van der Waals surface area contributed by atoms with E-state index in [-0.39, 0.29) is 30.6 Å². The summed E-state index contributed by atoms with van der Waals surface area (Å²) >= 11 is 3.40. The highest BCUT2D eigenvalue weighted by Crippen LogP contribution is 2.44. The van der Waals surface area contributed by atoms with Gasteiger partial charge >= 0.3 is 5.97 Å². The molecule has 2 heterocycles. The second-order valence-corrected chi connectivity index (χ2v) is 14.2. The van der Waals surface area contributed by atoms with Crippen LogP contribution in [0.4, 0.5) is 0 Å². The number of esters is 1. The third-order valence-corrected chi connectivity index (χ3v) is 10.6. The first kappa shape index (κ1) is 33.8. The fourth-order valence-electron chi connectivity index (χ4n) is 5.74. The molecular formula is C38H38N2O6S2. The van der Waals surface area contributed by atoms with Crippen molar-refractivity contribution in [3.05, 3.63) is 119 Å². The molecule has 1 aliphatic heterocycles. The van der Waals surface area contributed by atoms with E-state index in [0.29, 0.717) is 6.54 Å². The van der Waals surface area contributed by atoms with E-state index in [2.05, 4.69) is 24.4 Å². The Kier molecular flexibility index (Phi) is 10.9. The number of rotatable bonds is 11. The van der Waals surface area contributed by atoms with Crippen LogP contribution in [0.25, 0.3) is 21.3 Å². The zero-order valence-electron chi connectivity index (χ0n) is 27.0. The number of aliphatic hydroxyl groups is 1. The Morgan fingerprint density at radius 3 is 2.44 bits per heavy atom. The number of benzene rings is 4. The number of thioether (sulfide) groups is 1. The molecule has 1 aliphatic rings. The van der Waals surface area contributed by atoms with E-state index >= 15 is 0 Å². The summed E-state index contributed by atoms with van der Waals surface area (Å²) in [6.45, 7) is 5.29. The smallest absolute Gasteiger partial charge is 0.303 e. The number of para-hydroxylation sites is 1. The van der Waals surface area contributed by atoms with Gasteiger partial charge in [0.1, 0.15) is 0 Å². The molecule has 0 spiro atoms. The molecule has 1 saturated heterocycles. The maximum absolute atomic E-state index is 12.4. The summed E-state index contributed by atoms with van der Waals surface area (Å²) < 4.78 is 20.6. The standard InChI is InChI=1S/C38H38N2O6S2/c1-23-33(22-47-38-40-32-12-4-5-13-34(32)48-38)45-37(46-35(23)28-16-14-26(21-41)15-17-28)31-11-7-10-30(19-31)29-9-6-8-27(18-29)20-39-36(43)24(2)44-25(3)42/h4-19,23-24,33,35,37,41H,20-22H2,1-3H3,(H,39,43). The maximum atomic E-state index is 12.4. The summed E-state index contributed by atoms with van der Waals surface area (Å²) in [4.78, 5) is 28.4. The Balaban J connectivity index is 1.22. The average Bonchev–Trinajstić information content (AvgIpc) is 3.53. The molecule has 6 rings (SSSR count). The Labute approximate surface area is 288 Å². The van der Waals surface area contributed by atoms with Gasteiger partial charge in [0, 0.05) is 30.7 Å². The van der Waals surface area contributed by atoms with Gasteiger partial charge in [-0.1, -0.05) is 91.5 Å². The molecule has 8 nitrogen and oxygen atoms in total. The van der Waals surface area contributed by atoms with Crippen molar-refractivity contribution in [2.45, 2.75) is 62.9 Å². The Bertz CT molecular complexity index is 1840. The summed E-state index contributed by atoms with van der Waals surface area (Å²) in [6.07, 6.45) is -1.80. The lowest BCUT2D eigenvalue weighted by molar-refractivity contribution is -0.268. The van der Waals surface area contributed by atoms with Crippen molar-refractivity contribution < 1.29 is 28.9 Å². The molecule has 4 aromatic carbocycles. The van der Waals surface area contributed by atoms with Gasteiger partial charge < -0.3 is 24.6 Å². The number of aromatic nitrogens is 1. The number of carbonyl (C=O) groups is 2. The molecule has 0 aliphatic carbocycles. The van der Waals surface area contributed by atoms with Crippen LogP contribution in [-0.2, 0) is 37.0 Å². The van der Waals surface area contributed by atoms with Crippen LogP contribution < -0.4 is 5.32 Å². The van der Waals surface area contributed by atoms with Crippen LogP contribution in [0.15, 0.2) is 101 Å². The highest BCUT2D eigenvalue weighted by molar-refractivity contribution is 8.01. The molecule has 1 fully saturated rings. The molecule has 2 N–H and O–H groups in total. The molecule has 1 amide bonds. The number of carbonyl (C=O) groups excluding carboxylic acids is 2. The molecule has 5 unspecified atom stereocenters. The number of amides is 1. The quantitative estimate of drug-likeness (QED) is 0.108. The van der Waals surface area contributed by atoms with Crippen molar-refractivity contribution in [2.24, 2.45) is 5.92 Å². The first-order chi connectivity index (χ1) is 23.3. The van der Waals surface area contributed by atoms with Crippen molar-refractivity contribution in [2.75, 3.05) is 5.75 Å². The van der Waals surface area contributed by atoms with Gasteiger partial charge in [0.15, 0.2) is 16.7 Å². The monoisotopic (exact) mass is 682 g/mol. The molecule has 248 valence electrons. The van der Waals surface area contributed by atoms with E-state index in [9.17, 15) is 14.7 Å². The van der Waals surface area contributed by atoms with Crippen LogP contribution in [0.2, 0.25) is 0 Å². The second kappa shape index (κ2) is 15.4. The fraction of sp³-hybridized carbons (Fsp3) is 0.289. The van der Waals surface area contributed by atoms with Gasteiger partial charge in [-0.15, -0.1) is 11.3 Å². The van der Waals surface area contributed by atoms with Crippen molar-refractivity contribution in [1.82, 2.24) is 10.3 Å². The summed E-state index contributed by atoms with van der Waals surface area (Å²) in [6, 6.07) is 32.2. The largest absolute Gasteiger partial charge is 0.453 e. The lowest BCUT2D eigenvalue weighted by Crippen LogP contribution is -2.38. The number of fused-ring (bicyclic) bond motifs is 1. The van der Waals surface area contributed by atoms with Gasteiger partial charge in [-0.25, -0.2) is 4.98 Å². The summed E-state index contributed by atoms with van der Waals surface area (Å²) in [5.74, 6) is -0.0732. The van der Waals surface area contributed by atoms with Crippen molar-refractivity contribution >= 4 is 45.2 Å². The van der Waals surface area contributed by atoms with E-state index in [4.69, 9.17) is 19.2 Å². The summed E-state index contributed by atoms with van der Waals surface area (Å²) in [5.41, 5.74) is 6.69. The van der Waals surface area contributed by atoms with E-state index in [1.807, 2.05) is 84.9 Å². The Morgan fingerprint density at radius 1 is 0.938 bits per heavy atom. The number of thiazole rings is 1. The van der Waals surface area contributed by atoms with Crippen LogP contribution in [0.1, 0.15) is 55.4 Å². The van der Waals surface area contributed by atoms with Crippen LogP contribution >= 0.6 is 23.1 Å². The van der Waals surface area contributed by atoms with Gasteiger partial charge in [-0.2, -0.15) is 0 Å². The van der Waals surface area contributed by atoms with E-state index in [1.165, 1.54) is 11.6 Å². The van der Waals surface area contributed by atoms with E-state index in [0.717, 1.165) is 49.0 Å². The number of ether oxygens (including phenoxy) is 3. The first-order valence-electron chi connectivity index (χ1n) is 15.9. The minimum atomic E-state index is -0.861. The van der Waals surface area contributed by atoms with Crippen LogP contribution in [0, 0.1) is 5.92 Å². The average molecular weight is 683 g/mol. The Hall–Kier alpha value is -4.06. The van der Waals surface area contributed by atoms with Crippen molar-refractivity contribution in [3.8, 4) is 11.1 Å². The number of aliphatic hydroxyl groups excluding tert-OH is 1. The molecule has 48 heavy (non-hydrogen) atoms. The molecule has 0 saturated carbocycles. The van der Waals surface area contributed by atoms with Gasteiger partial charge in [-0.05, 0) is 59.0 Å². The highest BCUT2D eigenvalue weighted by Gasteiger charge is 2.38. The summed E-state index contributed by atoms with van der Waals surface area (Å²) in [5, 5.41) is 12.4. The molecular weight excluding hydrogens is 645 g/mol. The summed E-state index contributed by atoms with van der Waals surface area (Å²) in [7, 11) is 0. The number of hydrogen-bond donors (Lipinski definition) is 2. The van der Waals surface area contributed by atoms with Crippen molar-refractivity contribution in [3.63, 3.8) is 0 Å². The number of nitrogens with zero attached hydrogens (tertiary/aromatic N) is 1. The molecule has 1 aromatic heterocycles. The second-order valence-electron chi connectivity index (χ2n) is 11.9. The molecule has 10 heteroatoms. The van der Waals surface area contributed by atoms with Crippen LogP contribution in [0.5, 0.6) is 0 Å². The molecule has 5 atom stereocenters. The minimum absolute atomic E-state index is 0.0116. The van der Waals surface area contributed by atoms with Crippen LogP contribution in [-0.4, -0.2) is 39.9 Å². The van der Waals surface area contributed by atoms with E-state index < -0.39 is 18.4 Å². The van der Waals surface area contributed by atoms with Crippen LogP contribution in [0.3, 0.4) is 0 Å². The Morgan fingerprint density at radius 2 is 1.69 bits per heavy atom. The lowest BCUT2D eigenvalue weighted by atomic mass is 9.91. The van der Waals surface area contributed by atoms with Gasteiger partial charge in [0.05, 0.1) is 29.0 Å². The minimum Gasteiger partial charge on any atom is -0.453 e. The fourth-order valence-corrected chi connectivity index (χ4v) is 8.00. The van der Waals surface area contributed by atoms with Crippen molar-refractivity contribution in [1.29, 1.82) is 0 Å². The zero-order chi connectivity index (χ0) is 33.6. The SMILES string of the molecule is CC(=O)OC(C)C(=O)NCc1cccc(-c2cccc(C3OC(CSc4nc5ccccc5s4)C(C)C(c4ccc(CO)cc4)O3)c2)c1. The van der Waals surface area contributed by atoms with Gasteiger partial charge in [-0.3, -0.25) is 9.59 Å².